The van der Waals surface area contributed by atoms with Crippen molar-refractivity contribution in [3.05, 3.63) is 83.6 Å². The molecule has 3 aromatic rings. The Bertz CT molecular complexity index is 1610. The molecule has 2 saturated heterocycles. The van der Waals surface area contributed by atoms with E-state index in [2.05, 4.69) is 32.5 Å². The number of aromatic nitrogens is 2. The smallest absolute Gasteiger partial charge is 0.416 e. The average molecular weight is 624 g/mol. The summed E-state index contributed by atoms with van der Waals surface area (Å²) in [5.74, 6) is -0.160. The molecular formula is C31H32F3N7O4. The predicted molar refractivity (Wildman–Crippen MR) is 160 cm³/mol. The molecule has 11 nitrogen and oxygen atoms in total. The Morgan fingerprint density at radius 1 is 1.18 bits per heavy atom. The third kappa shape index (κ3) is 7.95. The molecule has 14 heteroatoms. The number of nitrogens with one attached hydrogen (secondary N) is 3. The van der Waals surface area contributed by atoms with Gasteiger partial charge in [-0.05, 0) is 54.8 Å². The summed E-state index contributed by atoms with van der Waals surface area (Å²) in [6.07, 6.45) is -1.15. The summed E-state index contributed by atoms with van der Waals surface area (Å²) < 4.78 is 47.9. The number of benzene rings is 2. The number of likely N-dealkylation sites (tertiary alicyclic amines) is 1. The van der Waals surface area contributed by atoms with Crippen molar-refractivity contribution in [1.29, 1.82) is 0 Å². The molecule has 0 saturated carbocycles. The number of hydrogen-bond acceptors (Lipinski definition) is 8. The first-order valence-electron chi connectivity index (χ1n) is 14.3. The summed E-state index contributed by atoms with van der Waals surface area (Å²) in [5.41, 5.74) is -0.0372. The highest BCUT2D eigenvalue weighted by molar-refractivity contribution is 6.04. The molecule has 0 aliphatic carbocycles. The Morgan fingerprint density at radius 2 is 2.00 bits per heavy atom. The van der Waals surface area contributed by atoms with E-state index in [4.69, 9.17) is 4.74 Å². The lowest BCUT2D eigenvalue weighted by molar-refractivity contribution is -0.138. The van der Waals surface area contributed by atoms with E-state index in [1.54, 1.807) is 34.9 Å². The molecule has 236 valence electrons. The van der Waals surface area contributed by atoms with E-state index >= 15 is 0 Å². The maximum absolute atomic E-state index is 14.0. The largest absolute Gasteiger partial charge is 0.439 e. The van der Waals surface area contributed by atoms with Crippen LogP contribution in [0.15, 0.2) is 61.3 Å². The zero-order chi connectivity index (χ0) is 32.1. The average Bonchev–Trinajstić information content (AvgIpc) is 3.46. The number of hydrogen-bond donors (Lipinski definition) is 3. The van der Waals surface area contributed by atoms with Gasteiger partial charge in [0.15, 0.2) is 0 Å². The Morgan fingerprint density at radius 3 is 2.76 bits per heavy atom. The van der Waals surface area contributed by atoms with Crippen LogP contribution >= 0.6 is 0 Å². The topological polar surface area (TPSA) is 129 Å². The summed E-state index contributed by atoms with van der Waals surface area (Å²) in [6.45, 7) is 7.13. The Labute approximate surface area is 257 Å². The first kappa shape index (κ1) is 31.4. The zero-order valence-electron chi connectivity index (χ0n) is 24.5. The van der Waals surface area contributed by atoms with Crippen LogP contribution in [0.4, 0.5) is 24.8 Å². The number of carbonyl (C=O) groups is 3. The Hall–Kier alpha value is -4.98. The zero-order valence-corrected chi connectivity index (χ0v) is 24.5. The number of ether oxygens (including phenoxy) is 1. The van der Waals surface area contributed by atoms with Gasteiger partial charge in [0.2, 0.25) is 23.6 Å². The lowest BCUT2D eigenvalue weighted by atomic mass is 10.0. The normalized spacial score (nSPS) is 17.0. The minimum atomic E-state index is -4.66. The number of halogens is 3. The number of rotatable bonds is 9. The van der Waals surface area contributed by atoms with E-state index < -0.39 is 17.6 Å². The van der Waals surface area contributed by atoms with Gasteiger partial charge in [0.05, 0.1) is 12.1 Å². The van der Waals surface area contributed by atoms with Crippen molar-refractivity contribution in [3.8, 4) is 11.6 Å². The van der Waals surface area contributed by atoms with E-state index in [-0.39, 0.29) is 53.6 Å². The van der Waals surface area contributed by atoms with Crippen molar-refractivity contribution in [1.82, 2.24) is 25.1 Å². The molecule has 1 unspecified atom stereocenters. The number of nitrogens with zero attached hydrogens (tertiary/aromatic N) is 4. The summed E-state index contributed by atoms with van der Waals surface area (Å²) >= 11 is 0. The fourth-order valence-corrected chi connectivity index (χ4v) is 5.15. The maximum Gasteiger partial charge on any atom is 0.416 e. The second-order valence-corrected chi connectivity index (χ2v) is 10.8. The van der Waals surface area contributed by atoms with Gasteiger partial charge < -0.3 is 25.6 Å². The fraction of sp³-hybridized carbons (Fsp3) is 0.323. The minimum absolute atomic E-state index is 0.00967. The van der Waals surface area contributed by atoms with E-state index in [0.717, 1.165) is 6.07 Å². The molecule has 2 aliphatic rings. The fourth-order valence-electron chi connectivity index (χ4n) is 5.15. The molecule has 0 spiro atoms. The van der Waals surface area contributed by atoms with Gasteiger partial charge in [-0.15, -0.1) is 0 Å². The molecule has 5 rings (SSSR count). The summed E-state index contributed by atoms with van der Waals surface area (Å²) in [6, 6.07) is 9.81. The van der Waals surface area contributed by atoms with Crippen LogP contribution in [0, 0.1) is 6.92 Å². The number of alkyl halides is 3. The van der Waals surface area contributed by atoms with E-state index in [0.29, 0.717) is 49.9 Å². The van der Waals surface area contributed by atoms with Gasteiger partial charge in [-0.1, -0.05) is 18.7 Å². The molecule has 1 aromatic heterocycles. The molecule has 45 heavy (non-hydrogen) atoms. The first-order chi connectivity index (χ1) is 21.5. The maximum atomic E-state index is 14.0. The van der Waals surface area contributed by atoms with Crippen molar-refractivity contribution in [2.24, 2.45) is 0 Å². The van der Waals surface area contributed by atoms with Crippen LogP contribution in [0.3, 0.4) is 0 Å². The van der Waals surface area contributed by atoms with Crippen molar-refractivity contribution >= 4 is 29.4 Å². The molecular weight excluding hydrogens is 591 g/mol. The van der Waals surface area contributed by atoms with Gasteiger partial charge in [-0.3, -0.25) is 19.3 Å². The van der Waals surface area contributed by atoms with E-state index in [9.17, 15) is 27.6 Å². The van der Waals surface area contributed by atoms with Crippen LogP contribution in [0.2, 0.25) is 0 Å². The summed E-state index contributed by atoms with van der Waals surface area (Å²) in [5, 5.41) is 8.39. The van der Waals surface area contributed by atoms with Gasteiger partial charge in [0.1, 0.15) is 5.75 Å². The summed E-state index contributed by atoms with van der Waals surface area (Å²) in [7, 11) is 0. The van der Waals surface area contributed by atoms with Crippen LogP contribution in [0.25, 0.3) is 0 Å². The summed E-state index contributed by atoms with van der Waals surface area (Å²) in [4.78, 5) is 48.6. The van der Waals surface area contributed by atoms with Crippen LogP contribution in [0.1, 0.15) is 33.5 Å². The van der Waals surface area contributed by atoms with Gasteiger partial charge in [0, 0.05) is 62.3 Å². The molecule has 2 aliphatic heterocycles. The Kier molecular flexibility index (Phi) is 9.32. The molecule has 0 radical (unpaired) electrons. The molecule has 3 N–H and O–H groups in total. The number of carbonyl (C=O) groups excluding carboxylic acids is 3. The van der Waals surface area contributed by atoms with Crippen LogP contribution in [0.5, 0.6) is 11.6 Å². The number of amides is 3. The van der Waals surface area contributed by atoms with E-state index in [1.807, 2.05) is 0 Å². The molecule has 2 fully saturated rings. The van der Waals surface area contributed by atoms with Gasteiger partial charge in [-0.2, -0.15) is 18.2 Å². The first-order valence-corrected chi connectivity index (χ1v) is 14.3. The SMILES string of the molecule is C=CC(=O)N1CCC(Nc2nccc(Oc3cc(C(=O)Nc4ccc(CN5CCNC(=O)C5)c(C(F)(F)F)c4)ccc3C)n2)C1. The minimum Gasteiger partial charge on any atom is -0.439 e. The standard InChI is InChI=1S/C31H32F3N7O4/c1-3-28(43)41-12-9-23(17-41)38-30-36-10-8-27(39-30)45-25-14-20(5-4-19(25)2)29(44)37-22-7-6-21(24(15-22)31(32,33)34)16-40-13-11-35-26(42)18-40/h3-8,10,14-15,23H,1,9,11-13,16-18H2,2H3,(H,35,42)(H,37,44)(H,36,38,39). The van der Waals surface area contributed by atoms with Crippen LogP contribution < -0.4 is 20.7 Å². The quantitative estimate of drug-likeness (QED) is 0.306. The number of anilines is 2. The highest BCUT2D eigenvalue weighted by atomic mass is 19.4. The van der Waals surface area contributed by atoms with Crippen LogP contribution in [-0.4, -0.2) is 76.3 Å². The lowest BCUT2D eigenvalue weighted by Crippen LogP contribution is -2.47. The van der Waals surface area contributed by atoms with Crippen molar-refractivity contribution in [2.75, 3.05) is 43.4 Å². The van der Waals surface area contributed by atoms with E-state index in [1.165, 1.54) is 30.5 Å². The molecule has 1 atom stereocenters. The third-order valence-corrected chi connectivity index (χ3v) is 7.49. The molecule has 3 heterocycles. The lowest BCUT2D eigenvalue weighted by Gasteiger charge is -2.27. The second-order valence-electron chi connectivity index (χ2n) is 10.8. The van der Waals surface area contributed by atoms with Crippen molar-refractivity contribution < 1.29 is 32.3 Å². The van der Waals surface area contributed by atoms with Gasteiger partial charge in [-0.25, -0.2) is 4.98 Å². The van der Waals surface area contributed by atoms with Crippen LogP contribution in [-0.2, 0) is 22.3 Å². The molecule has 3 amide bonds. The molecule has 2 aromatic carbocycles. The third-order valence-electron chi connectivity index (χ3n) is 7.49. The van der Waals surface area contributed by atoms with Gasteiger partial charge >= 0.3 is 6.18 Å². The van der Waals surface area contributed by atoms with Crippen molar-refractivity contribution in [2.45, 2.75) is 32.1 Å². The van der Waals surface area contributed by atoms with Crippen molar-refractivity contribution in [3.63, 3.8) is 0 Å². The monoisotopic (exact) mass is 623 g/mol. The number of aryl methyl sites for hydroxylation is 1. The predicted octanol–water partition coefficient (Wildman–Crippen LogP) is 3.98. The second kappa shape index (κ2) is 13.3. The highest BCUT2D eigenvalue weighted by Crippen LogP contribution is 2.35. The Balaban J connectivity index is 1.27. The highest BCUT2D eigenvalue weighted by Gasteiger charge is 2.34. The molecule has 0 bridgehead atoms. The number of piperazine rings is 1. The van der Waals surface area contributed by atoms with Gasteiger partial charge in [0.25, 0.3) is 5.91 Å².